The molecule has 1 aromatic heterocycles. The summed E-state index contributed by atoms with van der Waals surface area (Å²) in [5, 5.41) is 7.13. The molecule has 0 spiro atoms. The minimum absolute atomic E-state index is 0.153. The number of nitrogens with zero attached hydrogens (tertiary/aromatic N) is 1. The number of carbonyl (C=O) groups excluding carboxylic acids is 2. The molecule has 3 rings (SSSR count). The number of amides is 2. The SMILES string of the molecule is Cc1nc(-c2cccc(Cl)c2)sc1C(=O)Nc1ccc(C(=O)NC(C)(C)C)cc1. The van der Waals surface area contributed by atoms with Gasteiger partial charge >= 0.3 is 0 Å². The van der Waals surface area contributed by atoms with Crippen LogP contribution < -0.4 is 10.6 Å². The van der Waals surface area contributed by atoms with Crippen LogP contribution in [-0.4, -0.2) is 22.3 Å². The van der Waals surface area contributed by atoms with Crippen molar-refractivity contribution >= 4 is 40.4 Å². The summed E-state index contributed by atoms with van der Waals surface area (Å²) < 4.78 is 0. The maximum Gasteiger partial charge on any atom is 0.267 e. The number of aromatic nitrogens is 1. The summed E-state index contributed by atoms with van der Waals surface area (Å²) in [6, 6.07) is 14.2. The maximum atomic E-state index is 12.7. The Kier molecular flexibility index (Phi) is 6.05. The third-order valence-electron chi connectivity index (χ3n) is 3.97. The Morgan fingerprint density at radius 3 is 2.34 bits per heavy atom. The Morgan fingerprint density at radius 1 is 1.03 bits per heavy atom. The van der Waals surface area contributed by atoms with Crippen molar-refractivity contribution in [2.24, 2.45) is 0 Å². The summed E-state index contributed by atoms with van der Waals surface area (Å²) in [6.45, 7) is 7.58. The number of aryl methyl sites for hydroxylation is 1. The van der Waals surface area contributed by atoms with Crippen LogP contribution in [0.4, 0.5) is 5.69 Å². The lowest BCUT2D eigenvalue weighted by Gasteiger charge is -2.20. The Hall–Kier alpha value is -2.70. The second kappa shape index (κ2) is 8.35. The number of hydrogen-bond acceptors (Lipinski definition) is 4. The Balaban J connectivity index is 1.73. The fourth-order valence-electron chi connectivity index (χ4n) is 2.66. The van der Waals surface area contributed by atoms with Gasteiger partial charge in [0.15, 0.2) is 0 Å². The van der Waals surface area contributed by atoms with Crippen LogP contribution in [0.5, 0.6) is 0 Å². The highest BCUT2D eigenvalue weighted by Gasteiger charge is 2.18. The second-order valence-corrected chi connectivity index (χ2v) is 9.12. The van der Waals surface area contributed by atoms with Gasteiger partial charge in [-0.25, -0.2) is 4.98 Å². The molecular formula is C22H22ClN3O2S. The zero-order valence-corrected chi connectivity index (χ0v) is 18.2. The van der Waals surface area contributed by atoms with E-state index in [1.807, 2.05) is 39.0 Å². The van der Waals surface area contributed by atoms with Crippen molar-refractivity contribution in [1.29, 1.82) is 0 Å². The third kappa shape index (κ3) is 5.43. The van der Waals surface area contributed by atoms with Gasteiger partial charge in [-0.2, -0.15) is 0 Å². The fraction of sp³-hybridized carbons (Fsp3) is 0.227. The molecule has 2 N–H and O–H groups in total. The van der Waals surface area contributed by atoms with Crippen molar-refractivity contribution in [2.75, 3.05) is 5.32 Å². The summed E-state index contributed by atoms with van der Waals surface area (Å²) in [4.78, 5) is 30.0. The van der Waals surface area contributed by atoms with Gasteiger partial charge in [0, 0.05) is 27.4 Å². The predicted molar refractivity (Wildman–Crippen MR) is 119 cm³/mol. The van der Waals surface area contributed by atoms with Gasteiger partial charge in [0.05, 0.1) is 5.69 Å². The molecule has 0 atom stereocenters. The lowest BCUT2D eigenvalue weighted by atomic mass is 10.1. The minimum atomic E-state index is -0.311. The van der Waals surface area contributed by atoms with Crippen LogP contribution in [0.3, 0.4) is 0 Å². The number of hydrogen-bond donors (Lipinski definition) is 2. The van der Waals surface area contributed by atoms with Gasteiger partial charge in [0.2, 0.25) is 0 Å². The van der Waals surface area contributed by atoms with Crippen molar-refractivity contribution in [3.63, 3.8) is 0 Å². The van der Waals surface area contributed by atoms with E-state index >= 15 is 0 Å². The van der Waals surface area contributed by atoms with E-state index in [0.29, 0.717) is 26.8 Å². The average Bonchev–Trinajstić information content (AvgIpc) is 3.03. The molecule has 0 unspecified atom stereocenters. The van der Waals surface area contributed by atoms with Crippen LogP contribution >= 0.6 is 22.9 Å². The third-order valence-corrected chi connectivity index (χ3v) is 5.41. The van der Waals surface area contributed by atoms with Crippen LogP contribution in [0.15, 0.2) is 48.5 Å². The van der Waals surface area contributed by atoms with E-state index in [-0.39, 0.29) is 17.4 Å². The van der Waals surface area contributed by atoms with Crippen LogP contribution in [0, 0.1) is 6.92 Å². The van der Waals surface area contributed by atoms with Crippen LogP contribution in [0.2, 0.25) is 5.02 Å². The number of anilines is 1. The average molecular weight is 428 g/mol. The van der Waals surface area contributed by atoms with Crippen molar-refractivity contribution in [3.8, 4) is 10.6 Å². The zero-order chi connectivity index (χ0) is 21.2. The van der Waals surface area contributed by atoms with E-state index in [1.54, 1.807) is 37.3 Å². The van der Waals surface area contributed by atoms with Gasteiger partial charge in [-0.15, -0.1) is 11.3 Å². The summed E-state index contributed by atoms with van der Waals surface area (Å²) >= 11 is 7.37. The maximum absolute atomic E-state index is 12.7. The van der Waals surface area contributed by atoms with Gasteiger partial charge in [0.1, 0.15) is 9.88 Å². The van der Waals surface area contributed by atoms with Gasteiger partial charge in [0.25, 0.3) is 11.8 Å². The van der Waals surface area contributed by atoms with Crippen LogP contribution in [0.1, 0.15) is 46.5 Å². The number of halogens is 1. The molecule has 5 nitrogen and oxygen atoms in total. The number of carbonyl (C=O) groups is 2. The summed E-state index contributed by atoms with van der Waals surface area (Å²) in [5.74, 6) is -0.389. The molecule has 0 saturated carbocycles. The standard InChI is InChI=1S/C22H22ClN3O2S/c1-13-18(29-21(24-13)15-6-5-7-16(23)12-15)20(28)25-17-10-8-14(9-11-17)19(27)26-22(2,3)4/h5-12H,1-4H3,(H,25,28)(H,26,27). The molecule has 7 heteroatoms. The molecular weight excluding hydrogens is 406 g/mol. The van der Waals surface area contributed by atoms with E-state index in [1.165, 1.54) is 11.3 Å². The highest BCUT2D eigenvalue weighted by Crippen LogP contribution is 2.30. The van der Waals surface area contributed by atoms with Crippen LogP contribution in [-0.2, 0) is 0 Å². The number of benzene rings is 2. The normalized spacial score (nSPS) is 11.2. The zero-order valence-electron chi connectivity index (χ0n) is 16.7. The molecule has 1 heterocycles. The van der Waals surface area contributed by atoms with E-state index in [9.17, 15) is 9.59 Å². The first-order chi connectivity index (χ1) is 13.6. The number of nitrogens with one attached hydrogen (secondary N) is 2. The molecule has 29 heavy (non-hydrogen) atoms. The molecule has 2 amide bonds. The smallest absolute Gasteiger partial charge is 0.267 e. The number of thiazole rings is 1. The van der Waals surface area contributed by atoms with Crippen molar-refractivity contribution in [2.45, 2.75) is 33.2 Å². The Bertz CT molecular complexity index is 1050. The fourth-order valence-corrected chi connectivity index (χ4v) is 3.81. The summed E-state index contributed by atoms with van der Waals surface area (Å²) in [7, 11) is 0. The Morgan fingerprint density at radius 2 is 1.72 bits per heavy atom. The molecule has 2 aromatic carbocycles. The first-order valence-electron chi connectivity index (χ1n) is 9.10. The molecule has 0 radical (unpaired) electrons. The summed E-state index contributed by atoms with van der Waals surface area (Å²) in [6.07, 6.45) is 0. The highest BCUT2D eigenvalue weighted by molar-refractivity contribution is 7.17. The Labute approximate surface area is 179 Å². The molecule has 0 bridgehead atoms. The number of rotatable bonds is 4. The molecule has 0 aliphatic carbocycles. The van der Waals surface area contributed by atoms with Gasteiger partial charge < -0.3 is 10.6 Å². The molecule has 0 fully saturated rings. The highest BCUT2D eigenvalue weighted by atomic mass is 35.5. The summed E-state index contributed by atoms with van der Waals surface area (Å²) in [5.41, 5.74) is 2.37. The molecule has 0 saturated heterocycles. The minimum Gasteiger partial charge on any atom is -0.347 e. The molecule has 0 aliphatic heterocycles. The monoisotopic (exact) mass is 427 g/mol. The largest absolute Gasteiger partial charge is 0.347 e. The van der Waals surface area contributed by atoms with E-state index in [0.717, 1.165) is 10.6 Å². The first kappa shape index (κ1) is 21.0. The van der Waals surface area contributed by atoms with Gasteiger partial charge in [-0.1, -0.05) is 23.7 Å². The van der Waals surface area contributed by atoms with E-state index < -0.39 is 0 Å². The predicted octanol–water partition coefficient (Wildman–Crippen LogP) is 5.55. The topological polar surface area (TPSA) is 71.1 Å². The van der Waals surface area contributed by atoms with Gasteiger partial charge in [-0.05, 0) is 64.1 Å². The van der Waals surface area contributed by atoms with E-state index in [2.05, 4.69) is 15.6 Å². The lowest BCUT2D eigenvalue weighted by molar-refractivity contribution is 0.0919. The van der Waals surface area contributed by atoms with Crippen molar-refractivity contribution in [1.82, 2.24) is 10.3 Å². The second-order valence-electron chi connectivity index (χ2n) is 7.68. The van der Waals surface area contributed by atoms with Crippen molar-refractivity contribution < 1.29 is 9.59 Å². The van der Waals surface area contributed by atoms with Gasteiger partial charge in [-0.3, -0.25) is 9.59 Å². The lowest BCUT2D eigenvalue weighted by Crippen LogP contribution is -2.40. The first-order valence-corrected chi connectivity index (χ1v) is 10.3. The molecule has 150 valence electrons. The van der Waals surface area contributed by atoms with Crippen molar-refractivity contribution in [3.05, 3.63) is 69.7 Å². The molecule has 3 aromatic rings. The van der Waals surface area contributed by atoms with E-state index in [4.69, 9.17) is 11.6 Å². The van der Waals surface area contributed by atoms with Crippen LogP contribution in [0.25, 0.3) is 10.6 Å². The quantitative estimate of drug-likeness (QED) is 0.573. The molecule has 0 aliphatic rings.